The predicted molar refractivity (Wildman–Crippen MR) is 155 cm³/mol. The highest BCUT2D eigenvalue weighted by Crippen LogP contribution is 2.36. The Balaban J connectivity index is 1.37. The zero-order chi connectivity index (χ0) is 28.5. The summed E-state index contributed by atoms with van der Waals surface area (Å²) in [6, 6.07) is 17.5. The highest BCUT2D eigenvalue weighted by molar-refractivity contribution is 6.36. The maximum absolute atomic E-state index is 13.6. The number of carbonyl (C=O) groups excluding carboxylic acids is 2. The van der Waals surface area contributed by atoms with E-state index in [1.807, 2.05) is 48.5 Å². The number of nitrogens with zero attached hydrogens (tertiary/aromatic N) is 5. The van der Waals surface area contributed by atoms with Gasteiger partial charge in [0.15, 0.2) is 0 Å². The SMILES string of the molecule is O=C1c2cccc([N+](=O)[O-])c2C(=O)N1c1cc(CN2CCN(CCO)CC2)ccc1/C=C/c1n[nH]c2ccccc12. The molecule has 1 fully saturated rings. The van der Waals surface area contributed by atoms with Crippen LogP contribution in [0.5, 0.6) is 0 Å². The van der Waals surface area contributed by atoms with Crippen molar-refractivity contribution in [2.75, 3.05) is 44.2 Å². The number of carbonyl (C=O) groups is 2. The lowest BCUT2D eigenvalue weighted by Crippen LogP contribution is -2.46. The molecule has 0 spiro atoms. The van der Waals surface area contributed by atoms with E-state index in [2.05, 4.69) is 20.0 Å². The molecular formula is C30H28N6O5. The van der Waals surface area contributed by atoms with Crippen molar-refractivity contribution in [3.63, 3.8) is 0 Å². The van der Waals surface area contributed by atoms with E-state index in [0.29, 0.717) is 30.0 Å². The summed E-state index contributed by atoms with van der Waals surface area (Å²) in [5.74, 6) is -1.31. The Kier molecular flexibility index (Phi) is 7.14. The maximum atomic E-state index is 13.6. The molecule has 11 heteroatoms. The second-order valence-electron chi connectivity index (χ2n) is 10.1. The predicted octanol–water partition coefficient (Wildman–Crippen LogP) is 3.55. The molecule has 0 atom stereocenters. The van der Waals surface area contributed by atoms with E-state index in [9.17, 15) is 24.8 Å². The molecule has 1 saturated heterocycles. The number of anilines is 1. The van der Waals surface area contributed by atoms with Crippen molar-refractivity contribution in [3.05, 3.63) is 98.7 Å². The van der Waals surface area contributed by atoms with Gasteiger partial charge in [0.25, 0.3) is 17.5 Å². The summed E-state index contributed by atoms with van der Waals surface area (Å²) in [6.07, 6.45) is 3.62. The fourth-order valence-electron chi connectivity index (χ4n) is 5.51. The van der Waals surface area contributed by atoms with Crippen LogP contribution in [0.2, 0.25) is 0 Å². The molecule has 0 unspecified atom stereocenters. The van der Waals surface area contributed by atoms with Crippen LogP contribution in [0.4, 0.5) is 11.4 Å². The number of aromatic nitrogens is 2. The standard InChI is InChI=1S/C30H28N6O5/c37-17-16-33-12-14-34(15-13-33)19-20-8-9-21(10-11-25-22-4-1-2-6-24(22)31-32-25)27(18-20)35-29(38)23-5-3-7-26(36(40)41)28(23)30(35)39/h1-11,18,37H,12-17,19H2,(H,31,32)/b11-10+. The minimum absolute atomic E-state index is 0.0165. The van der Waals surface area contributed by atoms with Gasteiger partial charge in [-0.25, -0.2) is 4.90 Å². The smallest absolute Gasteiger partial charge is 0.283 e. The molecule has 3 aromatic carbocycles. The molecule has 3 heterocycles. The Hall–Kier alpha value is -4.71. The number of hydrogen-bond donors (Lipinski definition) is 2. The second kappa shape index (κ2) is 11.0. The number of nitrogens with one attached hydrogen (secondary N) is 1. The first-order valence-corrected chi connectivity index (χ1v) is 13.4. The molecule has 2 amide bonds. The van der Waals surface area contributed by atoms with Gasteiger partial charge in [-0.15, -0.1) is 0 Å². The molecule has 2 N–H and O–H groups in total. The van der Waals surface area contributed by atoms with E-state index in [1.54, 1.807) is 6.08 Å². The van der Waals surface area contributed by atoms with E-state index >= 15 is 0 Å². The molecule has 2 aliphatic rings. The number of piperazine rings is 1. The van der Waals surface area contributed by atoms with E-state index in [-0.39, 0.29) is 23.4 Å². The largest absolute Gasteiger partial charge is 0.395 e. The minimum Gasteiger partial charge on any atom is -0.395 e. The van der Waals surface area contributed by atoms with E-state index in [1.165, 1.54) is 18.2 Å². The zero-order valence-corrected chi connectivity index (χ0v) is 22.2. The van der Waals surface area contributed by atoms with Crippen molar-refractivity contribution in [2.24, 2.45) is 0 Å². The van der Waals surface area contributed by atoms with Crippen molar-refractivity contribution >= 4 is 46.2 Å². The lowest BCUT2D eigenvalue weighted by molar-refractivity contribution is -0.385. The van der Waals surface area contributed by atoms with Crippen molar-refractivity contribution in [2.45, 2.75) is 6.54 Å². The van der Waals surface area contributed by atoms with Crippen LogP contribution in [0.1, 0.15) is 37.5 Å². The summed E-state index contributed by atoms with van der Waals surface area (Å²) in [6.45, 7) is 4.71. The molecule has 2 aliphatic heterocycles. The third-order valence-corrected chi connectivity index (χ3v) is 7.63. The van der Waals surface area contributed by atoms with Gasteiger partial charge in [-0.2, -0.15) is 5.10 Å². The minimum atomic E-state index is -0.716. The second-order valence-corrected chi connectivity index (χ2v) is 10.1. The van der Waals surface area contributed by atoms with Crippen LogP contribution >= 0.6 is 0 Å². The summed E-state index contributed by atoms with van der Waals surface area (Å²) < 4.78 is 0. The number of aliphatic hydroxyl groups is 1. The first-order valence-electron chi connectivity index (χ1n) is 13.4. The Bertz CT molecular complexity index is 1690. The Morgan fingerprint density at radius 3 is 2.51 bits per heavy atom. The Labute approximate surface area is 235 Å². The molecule has 0 bridgehead atoms. The van der Waals surface area contributed by atoms with Crippen LogP contribution in [-0.2, 0) is 6.54 Å². The lowest BCUT2D eigenvalue weighted by atomic mass is 10.1. The number of nitro groups is 1. The van der Waals surface area contributed by atoms with Gasteiger partial charge in [0, 0.05) is 50.7 Å². The molecule has 0 aliphatic carbocycles. The molecule has 11 nitrogen and oxygen atoms in total. The highest BCUT2D eigenvalue weighted by atomic mass is 16.6. The number of amides is 2. The molecular weight excluding hydrogens is 524 g/mol. The fourth-order valence-corrected chi connectivity index (χ4v) is 5.51. The number of β-amino-alcohol motifs (C(OH)–C–C–N with tert-alkyl or cyclic N) is 1. The van der Waals surface area contributed by atoms with Crippen LogP contribution in [0.25, 0.3) is 23.1 Å². The molecule has 0 saturated carbocycles. The van der Waals surface area contributed by atoms with Crippen LogP contribution < -0.4 is 4.90 Å². The number of fused-ring (bicyclic) bond motifs is 2. The average Bonchev–Trinajstić information content (AvgIpc) is 3.51. The number of H-pyrrole nitrogens is 1. The van der Waals surface area contributed by atoms with Crippen LogP contribution in [0.15, 0.2) is 60.7 Å². The molecule has 41 heavy (non-hydrogen) atoms. The highest BCUT2D eigenvalue weighted by Gasteiger charge is 2.42. The van der Waals surface area contributed by atoms with Gasteiger partial charge in [0.05, 0.1) is 34.0 Å². The quantitative estimate of drug-likeness (QED) is 0.192. The van der Waals surface area contributed by atoms with Gasteiger partial charge in [-0.3, -0.25) is 34.6 Å². The van der Waals surface area contributed by atoms with Gasteiger partial charge in [0.2, 0.25) is 0 Å². The summed E-state index contributed by atoms with van der Waals surface area (Å²) >= 11 is 0. The monoisotopic (exact) mass is 552 g/mol. The van der Waals surface area contributed by atoms with Crippen molar-refractivity contribution in [1.82, 2.24) is 20.0 Å². The Morgan fingerprint density at radius 2 is 1.73 bits per heavy atom. The number of hydrogen-bond acceptors (Lipinski definition) is 8. The zero-order valence-electron chi connectivity index (χ0n) is 22.2. The molecule has 4 aromatic rings. The summed E-state index contributed by atoms with van der Waals surface area (Å²) in [7, 11) is 0. The molecule has 1 aromatic heterocycles. The number of benzene rings is 3. The topological polar surface area (TPSA) is 136 Å². The Morgan fingerprint density at radius 1 is 0.951 bits per heavy atom. The number of nitro benzene ring substituents is 1. The molecule has 208 valence electrons. The summed E-state index contributed by atoms with van der Waals surface area (Å²) in [4.78, 5) is 43.7. The average molecular weight is 553 g/mol. The normalized spacial score (nSPS) is 16.3. The number of rotatable bonds is 8. The van der Waals surface area contributed by atoms with E-state index < -0.39 is 16.7 Å². The van der Waals surface area contributed by atoms with Crippen molar-refractivity contribution in [3.8, 4) is 0 Å². The fraction of sp³-hybridized carbons (Fsp3) is 0.233. The van der Waals surface area contributed by atoms with Gasteiger partial charge < -0.3 is 5.11 Å². The summed E-state index contributed by atoms with van der Waals surface area (Å²) in [5, 5.41) is 29.2. The number of aliphatic hydroxyl groups excluding tert-OH is 1. The van der Waals surface area contributed by atoms with Crippen LogP contribution in [-0.4, -0.2) is 81.2 Å². The van der Waals surface area contributed by atoms with Gasteiger partial charge in [-0.05, 0) is 35.4 Å². The summed E-state index contributed by atoms with van der Waals surface area (Å²) in [5.41, 5.74) is 2.89. The number of imide groups is 1. The van der Waals surface area contributed by atoms with Crippen molar-refractivity contribution in [1.29, 1.82) is 0 Å². The van der Waals surface area contributed by atoms with Gasteiger partial charge in [-0.1, -0.05) is 42.5 Å². The maximum Gasteiger partial charge on any atom is 0.283 e. The van der Waals surface area contributed by atoms with E-state index in [0.717, 1.165) is 47.5 Å². The van der Waals surface area contributed by atoms with E-state index in [4.69, 9.17) is 0 Å². The third kappa shape index (κ3) is 5.02. The lowest BCUT2D eigenvalue weighted by Gasteiger charge is -2.34. The number of aromatic amines is 1. The first kappa shape index (κ1) is 26.5. The van der Waals surface area contributed by atoms with Crippen LogP contribution in [0, 0.1) is 10.1 Å². The third-order valence-electron chi connectivity index (χ3n) is 7.63. The van der Waals surface area contributed by atoms with Gasteiger partial charge >= 0.3 is 0 Å². The molecule has 6 rings (SSSR count). The number of para-hydroxylation sites is 1. The molecule has 0 radical (unpaired) electrons. The van der Waals surface area contributed by atoms with Crippen LogP contribution in [0.3, 0.4) is 0 Å². The van der Waals surface area contributed by atoms with Crippen molar-refractivity contribution < 1.29 is 19.6 Å². The van der Waals surface area contributed by atoms with Gasteiger partial charge in [0.1, 0.15) is 5.56 Å². The first-order chi connectivity index (χ1) is 19.9.